The molecule has 3 rings (SSSR count). The molecule has 12 heteroatoms. The molecule has 0 aliphatic carbocycles. The first kappa shape index (κ1) is 23.1. The normalized spacial score (nSPS) is 11.2. The van der Waals surface area contributed by atoms with Crippen molar-refractivity contribution in [3.63, 3.8) is 0 Å². The summed E-state index contributed by atoms with van der Waals surface area (Å²) in [7, 11) is 0. The summed E-state index contributed by atoms with van der Waals surface area (Å²) in [5.74, 6) is -1.10. The predicted molar refractivity (Wildman–Crippen MR) is 110 cm³/mol. The zero-order chi connectivity index (χ0) is 23.3. The number of carbonyl (C=O) groups is 2. The Hall–Kier alpha value is -3.60. The van der Waals surface area contributed by atoms with E-state index in [2.05, 4.69) is 20.7 Å². The van der Waals surface area contributed by atoms with Gasteiger partial charge in [-0.1, -0.05) is 23.7 Å². The summed E-state index contributed by atoms with van der Waals surface area (Å²) in [4.78, 5) is 28.0. The number of nitrogens with one attached hydrogen (secondary N) is 2. The number of hydrogen-bond acceptors (Lipinski definition) is 5. The summed E-state index contributed by atoms with van der Waals surface area (Å²) in [5, 5.41) is 8.26. The molecule has 0 spiro atoms. The molecule has 2 heterocycles. The highest BCUT2D eigenvalue weighted by molar-refractivity contribution is 6.32. The van der Waals surface area contributed by atoms with Crippen LogP contribution >= 0.6 is 11.6 Å². The second-order valence-electron chi connectivity index (χ2n) is 6.53. The van der Waals surface area contributed by atoms with E-state index in [0.717, 1.165) is 16.4 Å². The molecule has 168 valence electrons. The predicted octanol–water partition coefficient (Wildman–Crippen LogP) is 4.23. The van der Waals surface area contributed by atoms with Crippen LogP contribution in [0.25, 0.3) is 5.82 Å². The fraction of sp³-hybridized carbons (Fsp3) is 0.200. The fourth-order valence-corrected chi connectivity index (χ4v) is 2.89. The van der Waals surface area contributed by atoms with Gasteiger partial charge in [0.15, 0.2) is 11.5 Å². The third-order valence-corrected chi connectivity index (χ3v) is 4.36. The molecule has 2 aromatic heterocycles. The summed E-state index contributed by atoms with van der Waals surface area (Å²) in [5.41, 5.74) is -0.657. The summed E-state index contributed by atoms with van der Waals surface area (Å²) in [6, 6.07) is 9.93. The average molecular weight is 468 g/mol. The number of aryl methyl sites for hydroxylation is 1. The second-order valence-corrected chi connectivity index (χ2v) is 6.94. The largest absolute Gasteiger partial charge is 0.447 e. The zero-order valence-electron chi connectivity index (χ0n) is 16.6. The van der Waals surface area contributed by atoms with E-state index in [4.69, 9.17) is 16.3 Å². The van der Waals surface area contributed by atoms with Crippen LogP contribution in [0.2, 0.25) is 5.02 Å². The molecule has 0 radical (unpaired) electrons. The first-order valence-corrected chi connectivity index (χ1v) is 9.59. The Morgan fingerprint density at radius 3 is 2.69 bits per heavy atom. The molecule has 0 atom stereocenters. The van der Waals surface area contributed by atoms with E-state index in [9.17, 15) is 22.8 Å². The number of nitrogens with zero attached hydrogens (tertiary/aromatic N) is 3. The lowest BCUT2D eigenvalue weighted by Gasteiger charge is -2.09. The standard InChI is InChI=1S/C20H17ClF3N5O3/c1-12-4-2-5-13(10-12)27-19(31)32-9-8-26-18(30)14-11-29(28-16(14)20(22,23)24)17-15(21)6-3-7-25-17/h2-7,10-11H,8-9H2,1H3,(H,26,30)(H,27,31). The third kappa shape index (κ3) is 5.76. The first-order chi connectivity index (χ1) is 15.1. The number of anilines is 1. The van der Waals surface area contributed by atoms with Crippen molar-refractivity contribution in [3.8, 4) is 5.82 Å². The van der Waals surface area contributed by atoms with Crippen molar-refractivity contribution in [3.05, 3.63) is 70.6 Å². The first-order valence-electron chi connectivity index (χ1n) is 9.21. The number of alkyl halides is 3. The van der Waals surface area contributed by atoms with E-state index in [0.29, 0.717) is 5.69 Å². The lowest BCUT2D eigenvalue weighted by atomic mass is 10.2. The molecule has 1 aromatic carbocycles. The topological polar surface area (TPSA) is 98.1 Å². The number of halogens is 4. The number of hydrogen-bond donors (Lipinski definition) is 2. The quantitative estimate of drug-likeness (QED) is 0.529. The van der Waals surface area contributed by atoms with Gasteiger partial charge in [-0.05, 0) is 36.8 Å². The molecule has 0 unspecified atom stereocenters. The van der Waals surface area contributed by atoms with Gasteiger partial charge in [0.2, 0.25) is 0 Å². The van der Waals surface area contributed by atoms with Gasteiger partial charge in [0.05, 0.1) is 17.1 Å². The van der Waals surface area contributed by atoms with Crippen molar-refractivity contribution in [2.75, 3.05) is 18.5 Å². The van der Waals surface area contributed by atoms with Crippen molar-refractivity contribution in [2.24, 2.45) is 0 Å². The molecule has 2 N–H and O–H groups in total. The van der Waals surface area contributed by atoms with Crippen molar-refractivity contribution < 1.29 is 27.5 Å². The maximum absolute atomic E-state index is 13.4. The smallest absolute Gasteiger partial charge is 0.435 e. The summed E-state index contributed by atoms with van der Waals surface area (Å²) in [6.45, 7) is 1.38. The minimum atomic E-state index is -4.89. The molecule has 0 saturated heterocycles. The number of pyridine rings is 1. The van der Waals surface area contributed by atoms with Gasteiger partial charge in [0, 0.05) is 18.1 Å². The molecule has 0 saturated carbocycles. The minimum absolute atomic E-state index is 0.0590. The summed E-state index contributed by atoms with van der Waals surface area (Å²) >= 11 is 5.95. The average Bonchev–Trinajstić information content (AvgIpc) is 3.17. The SMILES string of the molecule is Cc1cccc(NC(=O)OCCNC(=O)c2cn(-c3ncccc3Cl)nc2C(F)(F)F)c1. The van der Waals surface area contributed by atoms with Gasteiger partial charge >= 0.3 is 12.3 Å². The van der Waals surface area contributed by atoms with Crippen LogP contribution in [0.15, 0.2) is 48.8 Å². The monoisotopic (exact) mass is 467 g/mol. The van der Waals surface area contributed by atoms with Crippen molar-refractivity contribution >= 4 is 29.3 Å². The van der Waals surface area contributed by atoms with Crippen LogP contribution in [0.5, 0.6) is 0 Å². The fourth-order valence-electron chi connectivity index (χ4n) is 2.68. The summed E-state index contributed by atoms with van der Waals surface area (Å²) < 4.78 is 45.9. The number of carbonyl (C=O) groups excluding carboxylic acids is 2. The van der Waals surface area contributed by atoms with Crippen molar-refractivity contribution in [2.45, 2.75) is 13.1 Å². The van der Waals surface area contributed by atoms with E-state index in [-0.39, 0.29) is 24.0 Å². The Kier molecular flexibility index (Phi) is 6.98. The van der Waals surface area contributed by atoms with Crippen molar-refractivity contribution in [1.29, 1.82) is 0 Å². The van der Waals surface area contributed by atoms with Gasteiger partial charge in [-0.3, -0.25) is 10.1 Å². The maximum atomic E-state index is 13.4. The lowest BCUT2D eigenvalue weighted by molar-refractivity contribution is -0.141. The Bertz CT molecular complexity index is 1130. The van der Waals surface area contributed by atoms with Crippen LogP contribution in [-0.2, 0) is 10.9 Å². The molecular formula is C20H17ClF3N5O3. The van der Waals surface area contributed by atoms with Crippen LogP contribution in [0.4, 0.5) is 23.7 Å². The van der Waals surface area contributed by atoms with Crippen LogP contribution < -0.4 is 10.6 Å². The molecule has 0 aliphatic heterocycles. The minimum Gasteiger partial charge on any atom is -0.447 e. The van der Waals surface area contributed by atoms with Crippen LogP contribution in [0.3, 0.4) is 0 Å². The van der Waals surface area contributed by atoms with Gasteiger partial charge in [0.25, 0.3) is 5.91 Å². The molecule has 0 aliphatic rings. The molecule has 32 heavy (non-hydrogen) atoms. The second kappa shape index (κ2) is 9.69. The molecule has 8 nitrogen and oxygen atoms in total. The third-order valence-electron chi connectivity index (χ3n) is 4.07. The van der Waals surface area contributed by atoms with Crippen LogP contribution in [-0.4, -0.2) is 39.9 Å². The Labute approximate surface area is 185 Å². The Balaban J connectivity index is 1.62. The number of aromatic nitrogens is 3. The Morgan fingerprint density at radius 1 is 1.22 bits per heavy atom. The van der Waals surface area contributed by atoms with Gasteiger partial charge in [-0.25, -0.2) is 14.5 Å². The highest BCUT2D eigenvalue weighted by atomic mass is 35.5. The summed E-state index contributed by atoms with van der Waals surface area (Å²) in [6.07, 6.45) is -3.44. The Morgan fingerprint density at radius 2 is 2.00 bits per heavy atom. The van der Waals surface area contributed by atoms with Crippen LogP contribution in [0, 0.1) is 6.92 Å². The van der Waals surface area contributed by atoms with Gasteiger partial charge < -0.3 is 10.1 Å². The molecule has 0 bridgehead atoms. The highest BCUT2D eigenvalue weighted by Gasteiger charge is 2.39. The van der Waals surface area contributed by atoms with Gasteiger partial charge in [-0.15, -0.1) is 0 Å². The number of ether oxygens (including phenoxy) is 1. The molecule has 3 aromatic rings. The van der Waals surface area contributed by atoms with E-state index in [1.807, 2.05) is 13.0 Å². The maximum Gasteiger partial charge on any atom is 0.435 e. The van der Waals surface area contributed by atoms with Gasteiger partial charge in [0.1, 0.15) is 6.61 Å². The molecule has 2 amide bonds. The number of amides is 2. The van der Waals surface area contributed by atoms with E-state index < -0.39 is 29.4 Å². The number of benzene rings is 1. The molecular weight excluding hydrogens is 451 g/mol. The van der Waals surface area contributed by atoms with E-state index in [1.54, 1.807) is 18.2 Å². The molecule has 0 fully saturated rings. The highest BCUT2D eigenvalue weighted by Crippen LogP contribution is 2.31. The zero-order valence-corrected chi connectivity index (χ0v) is 17.4. The van der Waals surface area contributed by atoms with Gasteiger partial charge in [-0.2, -0.15) is 18.3 Å². The van der Waals surface area contributed by atoms with Crippen LogP contribution in [0.1, 0.15) is 21.6 Å². The lowest BCUT2D eigenvalue weighted by Crippen LogP contribution is -2.30. The van der Waals surface area contributed by atoms with E-state index >= 15 is 0 Å². The van der Waals surface area contributed by atoms with E-state index in [1.165, 1.54) is 18.3 Å². The van der Waals surface area contributed by atoms with Crippen molar-refractivity contribution in [1.82, 2.24) is 20.1 Å². The number of rotatable bonds is 6.